The highest BCUT2D eigenvalue weighted by Crippen LogP contribution is 2.31. The summed E-state index contributed by atoms with van der Waals surface area (Å²) in [6.07, 6.45) is 1.17. The summed E-state index contributed by atoms with van der Waals surface area (Å²) in [7, 11) is 0. The van der Waals surface area contributed by atoms with Gasteiger partial charge >= 0.3 is 5.97 Å². The molecule has 0 aliphatic heterocycles. The predicted molar refractivity (Wildman–Crippen MR) is 46.5 cm³/mol. The van der Waals surface area contributed by atoms with Gasteiger partial charge in [-0.25, -0.2) is 4.79 Å². The summed E-state index contributed by atoms with van der Waals surface area (Å²) >= 11 is 6.02. The number of carboxylic acid groups (broad SMARTS) is 1. The van der Waals surface area contributed by atoms with E-state index in [0.717, 1.165) is 0 Å². The smallest absolute Gasteiger partial charge is 0.331 e. The van der Waals surface area contributed by atoms with Gasteiger partial charge in [-0.15, -0.1) is 0 Å². The third kappa shape index (κ3) is 3.53. The molecule has 0 aromatic rings. The first-order valence-electron chi connectivity index (χ1n) is 2.82. The van der Waals surface area contributed by atoms with Crippen molar-refractivity contribution in [3.05, 3.63) is 0 Å². The molecule has 0 aliphatic rings. The van der Waals surface area contributed by atoms with E-state index in [1.807, 2.05) is 0 Å². The van der Waals surface area contributed by atoms with Crippen molar-refractivity contribution >= 4 is 37.8 Å². The van der Waals surface area contributed by atoms with Gasteiger partial charge < -0.3 is 10.8 Å². The number of hydrogen-bond donors (Lipinski definition) is 2. The maximum absolute atomic E-state index is 10.4. The zero-order valence-electron chi connectivity index (χ0n) is 5.31. The lowest BCUT2D eigenvalue weighted by molar-refractivity contribution is -0.137. The predicted octanol–water partition coefficient (Wildman–Crippen LogP) is 1.30. The summed E-state index contributed by atoms with van der Waals surface area (Å²) in [5, 5.41) is 8.53. The Morgan fingerprint density at radius 3 is 2.40 bits per heavy atom. The second kappa shape index (κ2) is 4.31. The van der Waals surface area contributed by atoms with Crippen LogP contribution >= 0.6 is 31.9 Å². The maximum atomic E-state index is 10.4. The van der Waals surface area contributed by atoms with Crippen molar-refractivity contribution < 1.29 is 9.90 Å². The van der Waals surface area contributed by atoms with Crippen LogP contribution in [0.3, 0.4) is 0 Å². The number of carboxylic acids is 1. The molecule has 0 aromatic heterocycles. The van der Waals surface area contributed by atoms with Gasteiger partial charge in [-0.05, 0) is 19.4 Å². The molecular formula is C5H9Br2NO2. The Kier molecular flexibility index (Phi) is 4.47. The number of nitrogens with two attached hydrogens (primary N) is 1. The van der Waals surface area contributed by atoms with E-state index >= 15 is 0 Å². The lowest BCUT2D eigenvalue weighted by atomic mass is 10.2. The average Bonchev–Trinajstić information content (AvgIpc) is 1.84. The van der Waals surface area contributed by atoms with Gasteiger partial charge in [0, 0.05) is 0 Å². The third-order valence-corrected chi connectivity index (χ3v) is 2.48. The van der Waals surface area contributed by atoms with E-state index in [-0.39, 0.29) is 0 Å². The molecule has 0 bridgehead atoms. The van der Waals surface area contributed by atoms with Crippen molar-refractivity contribution in [2.45, 2.75) is 16.1 Å². The molecule has 3 nitrogen and oxygen atoms in total. The molecule has 0 radical (unpaired) electrons. The fourth-order valence-electron chi connectivity index (χ4n) is 0.431. The van der Waals surface area contributed by atoms with Gasteiger partial charge in [-0.2, -0.15) is 0 Å². The van der Waals surface area contributed by atoms with Gasteiger partial charge in [0.15, 0.2) is 3.23 Å². The average molecular weight is 275 g/mol. The van der Waals surface area contributed by atoms with Gasteiger partial charge in [0.25, 0.3) is 0 Å². The molecule has 0 aromatic carbocycles. The van der Waals surface area contributed by atoms with Crippen LogP contribution in [0.15, 0.2) is 0 Å². The van der Waals surface area contributed by atoms with Gasteiger partial charge in [0.2, 0.25) is 0 Å². The summed E-state index contributed by atoms with van der Waals surface area (Å²) in [6, 6.07) is 0. The van der Waals surface area contributed by atoms with E-state index in [1.165, 1.54) is 0 Å². The van der Waals surface area contributed by atoms with Crippen molar-refractivity contribution in [2.24, 2.45) is 5.73 Å². The molecule has 0 atom stereocenters. The Morgan fingerprint density at radius 2 is 2.10 bits per heavy atom. The van der Waals surface area contributed by atoms with Gasteiger partial charge in [0.05, 0.1) is 0 Å². The first-order valence-corrected chi connectivity index (χ1v) is 4.40. The Bertz CT molecular complexity index is 127. The second-order valence-corrected chi connectivity index (χ2v) is 5.67. The van der Waals surface area contributed by atoms with Crippen molar-refractivity contribution in [3.8, 4) is 0 Å². The molecule has 0 saturated carbocycles. The minimum absolute atomic E-state index is 0.485. The van der Waals surface area contributed by atoms with Crippen LogP contribution < -0.4 is 5.73 Å². The van der Waals surface area contributed by atoms with E-state index in [1.54, 1.807) is 0 Å². The molecule has 5 heteroatoms. The van der Waals surface area contributed by atoms with E-state index in [2.05, 4.69) is 31.9 Å². The molecule has 0 fully saturated rings. The number of alkyl halides is 2. The largest absolute Gasteiger partial charge is 0.480 e. The van der Waals surface area contributed by atoms with E-state index in [4.69, 9.17) is 10.8 Å². The van der Waals surface area contributed by atoms with Crippen LogP contribution in [0.5, 0.6) is 0 Å². The van der Waals surface area contributed by atoms with Crippen molar-refractivity contribution in [2.75, 3.05) is 6.54 Å². The van der Waals surface area contributed by atoms with Gasteiger partial charge in [-0.1, -0.05) is 31.9 Å². The van der Waals surface area contributed by atoms with Crippen LogP contribution in [-0.2, 0) is 4.79 Å². The number of rotatable bonds is 4. The molecule has 60 valence electrons. The van der Waals surface area contributed by atoms with Crippen LogP contribution in [0.1, 0.15) is 12.8 Å². The number of halogens is 2. The monoisotopic (exact) mass is 273 g/mol. The van der Waals surface area contributed by atoms with Crippen LogP contribution in [0.2, 0.25) is 0 Å². The number of carbonyl (C=O) groups is 1. The lowest BCUT2D eigenvalue weighted by Gasteiger charge is -2.13. The zero-order valence-corrected chi connectivity index (χ0v) is 8.48. The van der Waals surface area contributed by atoms with Crippen LogP contribution in [0, 0.1) is 0 Å². The Hall–Kier alpha value is 0.390. The van der Waals surface area contributed by atoms with Gasteiger partial charge in [0.1, 0.15) is 0 Å². The van der Waals surface area contributed by atoms with E-state index in [9.17, 15) is 4.79 Å². The molecule has 0 spiro atoms. The Balaban J connectivity index is 3.75. The SMILES string of the molecule is NCCCC(Br)(Br)C(=O)O. The summed E-state index contributed by atoms with van der Waals surface area (Å²) < 4.78 is -0.987. The van der Waals surface area contributed by atoms with Crippen molar-refractivity contribution in [1.82, 2.24) is 0 Å². The highest BCUT2D eigenvalue weighted by atomic mass is 79.9. The molecule has 10 heavy (non-hydrogen) atoms. The highest BCUT2D eigenvalue weighted by Gasteiger charge is 2.30. The minimum Gasteiger partial charge on any atom is -0.480 e. The molecule has 0 rings (SSSR count). The summed E-state index contributed by atoms with van der Waals surface area (Å²) in [5.74, 6) is -0.916. The highest BCUT2D eigenvalue weighted by molar-refractivity contribution is 9.25. The minimum atomic E-state index is -0.987. The van der Waals surface area contributed by atoms with Crippen LogP contribution in [0.4, 0.5) is 0 Å². The zero-order chi connectivity index (χ0) is 8.20. The summed E-state index contributed by atoms with van der Waals surface area (Å²) in [4.78, 5) is 10.4. The fraction of sp³-hybridized carbons (Fsp3) is 0.800. The molecule has 0 heterocycles. The van der Waals surface area contributed by atoms with Crippen molar-refractivity contribution in [1.29, 1.82) is 0 Å². The van der Waals surface area contributed by atoms with Crippen LogP contribution in [0.25, 0.3) is 0 Å². The maximum Gasteiger partial charge on any atom is 0.331 e. The lowest BCUT2D eigenvalue weighted by Crippen LogP contribution is -2.24. The summed E-state index contributed by atoms with van der Waals surface area (Å²) in [5.41, 5.74) is 5.20. The number of hydrogen-bond acceptors (Lipinski definition) is 2. The van der Waals surface area contributed by atoms with Crippen molar-refractivity contribution in [3.63, 3.8) is 0 Å². The third-order valence-electron chi connectivity index (χ3n) is 1.01. The first kappa shape index (κ1) is 10.4. The molecule has 0 aliphatic carbocycles. The quantitative estimate of drug-likeness (QED) is 0.760. The first-order chi connectivity index (χ1) is 4.50. The molecular weight excluding hydrogens is 266 g/mol. The van der Waals surface area contributed by atoms with Gasteiger partial charge in [-0.3, -0.25) is 0 Å². The molecule has 0 saturated heterocycles. The molecule has 0 unspecified atom stereocenters. The second-order valence-electron chi connectivity index (χ2n) is 1.90. The van der Waals surface area contributed by atoms with E-state index in [0.29, 0.717) is 19.4 Å². The summed E-state index contributed by atoms with van der Waals surface area (Å²) in [6.45, 7) is 0.506. The Labute approximate surface area is 76.2 Å². The molecule has 3 N–H and O–H groups in total. The van der Waals surface area contributed by atoms with Crippen LogP contribution in [-0.4, -0.2) is 20.9 Å². The topological polar surface area (TPSA) is 63.3 Å². The van der Waals surface area contributed by atoms with E-state index < -0.39 is 9.20 Å². The standard InChI is InChI=1S/C5H9Br2NO2/c6-5(7,4(9)10)2-1-3-8/h1-3,8H2,(H,9,10). The number of aliphatic carboxylic acids is 1. The normalized spacial score (nSPS) is 11.5. The molecule has 0 amide bonds. The Morgan fingerprint density at radius 1 is 1.60 bits per heavy atom. The fourth-order valence-corrected chi connectivity index (χ4v) is 0.992.